The second kappa shape index (κ2) is 9.58. The summed E-state index contributed by atoms with van der Waals surface area (Å²) in [6, 6.07) is 7.40. The number of amides is 3. The molecule has 1 aromatic carbocycles. The number of nitrogens with one attached hydrogen (secondary N) is 3. The molecule has 1 unspecified atom stereocenters. The zero-order valence-electron chi connectivity index (χ0n) is 14.7. The van der Waals surface area contributed by atoms with Gasteiger partial charge in [-0.05, 0) is 12.1 Å². The molecule has 3 N–H and O–H groups in total. The second-order valence-electron chi connectivity index (χ2n) is 6.06. The summed E-state index contributed by atoms with van der Waals surface area (Å²) in [5, 5.41) is 2.22. The second-order valence-corrected chi connectivity index (χ2v) is 7.30. The van der Waals surface area contributed by atoms with Crippen LogP contribution in [-0.4, -0.2) is 67.5 Å². The Bertz CT molecular complexity index is 696. The minimum absolute atomic E-state index is 0.0567. The van der Waals surface area contributed by atoms with E-state index in [9.17, 15) is 14.4 Å². The van der Waals surface area contributed by atoms with Gasteiger partial charge in [0.05, 0.1) is 24.2 Å². The van der Waals surface area contributed by atoms with Gasteiger partial charge in [-0.1, -0.05) is 12.1 Å². The molecule has 3 rings (SSSR count). The monoisotopic (exact) mass is 394 g/mol. The number of rotatable bonds is 5. The minimum Gasteiger partial charge on any atom is -0.447 e. The molecule has 146 valence electrons. The Morgan fingerprint density at radius 3 is 2.85 bits per heavy atom. The topological polar surface area (TPSA) is 109 Å². The number of carbonyl (C=O) groups excluding carboxylic acids is 3. The molecular weight excluding hydrogens is 372 g/mol. The predicted molar refractivity (Wildman–Crippen MR) is 99.2 cm³/mol. The van der Waals surface area contributed by atoms with Gasteiger partial charge >= 0.3 is 6.09 Å². The summed E-state index contributed by atoms with van der Waals surface area (Å²) in [5.41, 5.74) is 5.21. The first kappa shape index (κ1) is 19.5. The number of anilines is 1. The van der Waals surface area contributed by atoms with Crippen LogP contribution in [0.4, 0.5) is 10.5 Å². The fourth-order valence-electron chi connectivity index (χ4n) is 2.70. The Labute approximate surface area is 161 Å². The molecule has 0 aliphatic carbocycles. The van der Waals surface area contributed by atoms with Crippen LogP contribution >= 0.6 is 11.8 Å². The SMILES string of the molecule is O=C(CC1Sc2ccccc2NC1=O)NNC(=O)OCCN1CCOCC1. The Balaban J connectivity index is 1.34. The van der Waals surface area contributed by atoms with Crippen LogP contribution < -0.4 is 16.2 Å². The number of para-hydroxylation sites is 1. The van der Waals surface area contributed by atoms with Crippen LogP contribution in [0.25, 0.3) is 0 Å². The highest BCUT2D eigenvalue weighted by Crippen LogP contribution is 2.36. The molecule has 0 aromatic heterocycles. The quantitative estimate of drug-likeness (QED) is 0.627. The standard InChI is InChI=1S/C17H22N4O5S/c22-15(11-14-16(23)18-12-3-1-2-4-13(12)27-14)19-20-17(24)26-10-7-21-5-8-25-9-6-21/h1-4,14H,5-11H2,(H,18,23)(H,19,22)(H,20,24). The van der Waals surface area contributed by atoms with Crippen molar-refractivity contribution in [1.29, 1.82) is 0 Å². The molecule has 9 nitrogen and oxygen atoms in total. The van der Waals surface area contributed by atoms with Crippen molar-refractivity contribution in [3.05, 3.63) is 24.3 Å². The summed E-state index contributed by atoms with van der Waals surface area (Å²) in [6.45, 7) is 3.82. The van der Waals surface area contributed by atoms with E-state index in [1.165, 1.54) is 11.8 Å². The van der Waals surface area contributed by atoms with Crippen LogP contribution in [0.2, 0.25) is 0 Å². The highest BCUT2D eigenvalue weighted by molar-refractivity contribution is 8.01. The lowest BCUT2D eigenvalue weighted by molar-refractivity contribution is -0.124. The molecule has 1 fully saturated rings. The number of ether oxygens (including phenoxy) is 2. The lowest BCUT2D eigenvalue weighted by Gasteiger charge is -2.26. The highest BCUT2D eigenvalue weighted by atomic mass is 32.2. The van der Waals surface area contributed by atoms with Crippen molar-refractivity contribution in [3.8, 4) is 0 Å². The maximum absolute atomic E-state index is 12.1. The fraction of sp³-hybridized carbons (Fsp3) is 0.471. The van der Waals surface area contributed by atoms with Crippen molar-refractivity contribution in [3.63, 3.8) is 0 Å². The summed E-state index contributed by atoms with van der Waals surface area (Å²) in [5.74, 6) is -0.700. The van der Waals surface area contributed by atoms with Crippen LogP contribution in [0.15, 0.2) is 29.2 Å². The molecule has 3 amide bonds. The van der Waals surface area contributed by atoms with Gasteiger partial charge < -0.3 is 14.8 Å². The molecule has 27 heavy (non-hydrogen) atoms. The fourth-order valence-corrected chi connectivity index (χ4v) is 3.81. The van der Waals surface area contributed by atoms with Crippen LogP contribution in [0, 0.1) is 0 Å². The Morgan fingerprint density at radius 1 is 1.26 bits per heavy atom. The maximum atomic E-state index is 12.1. The normalized spacial score (nSPS) is 19.6. The molecule has 1 atom stereocenters. The van der Waals surface area contributed by atoms with E-state index >= 15 is 0 Å². The van der Waals surface area contributed by atoms with Crippen LogP contribution in [0.3, 0.4) is 0 Å². The van der Waals surface area contributed by atoms with Crippen molar-refractivity contribution < 1.29 is 23.9 Å². The van der Waals surface area contributed by atoms with Crippen LogP contribution in [0.5, 0.6) is 0 Å². The molecule has 1 saturated heterocycles. The van der Waals surface area contributed by atoms with Gasteiger partial charge in [0.15, 0.2) is 0 Å². The lowest BCUT2D eigenvalue weighted by Crippen LogP contribution is -2.45. The zero-order chi connectivity index (χ0) is 19.1. The summed E-state index contributed by atoms with van der Waals surface area (Å²) < 4.78 is 10.3. The average Bonchev–Trinajstić information content (AvgIpc) is 2.68. The van der Waals surface area contributed by atoms with Crippen molar-refractivity contribution in [1.82, 2.24) is 15.8 Å². The molecule has 2 heterocycles. The van der Waals surface area contributed by atoms with Crippen molar-refractivity contribution in [2.24, 2.45) is 0 Å². The van der Waals surface area contributed by atoms with Gasteiger partial charge in [-0.2, -0.15) is 0 Å². The minimum atomic E-state index is -0.734. The molecule has 1 aromatic rings. The summed E-state index contributed by atoms with van der Waals surface area (Å²) in [6.07, 6.45) is -0.790. The van der Waals surface area contributed by atoms with E-state index in [1.807, 2.05) is 24.3 Å². The van der Waals surface area contributed by atoms with Gasteiger partial charge in [0, 0.05) is 31.0 Å². The maximum Gasteiger partial charge on any atom is 0.426 e. The highest BCUT2D eigenvalue weighted by Gasteiger charge is 2.28. The molecule has 10 heteroatoms. The number of nitrogens with zero attached hydrogens (tertiary/aromatic N) is 1. The third-order valence-corrected chi connectivity index (χ3v) is 5.40. The third kappa shape index (κ3) is 5.84. The molecule has 0 radical (unpaired) electrons. The van der Waals surface area contributed by atoms with Gasteiger partial charge in [-0.3, -0.25) is 19.9 Å². The number of carbonyl (C=O) groups is 3. The first-order valence-corrected chi connectivity index (χ1v) is 9.58. The number of hydrogen-bond acceptors (Lipinski definition) is 7. The molecular formula is C17H22N4O5S. The van der Waals surface area contributed by atoms with E-state index < -0.39 is 17.3 Å². The van der Waals surface area contributed by atoms with Gasteiger partial charge in [-0.15, -0.1) is 11.8 Å². The van der Waals surface area contributed by atoms with Crippen molar-refractivity contribution >= 4 is 35.4 Å². The number of morpholine rings is 1. The molecule has 0 bridgehead atoms. The summed E-state index contributed by atoms with van der Waals surface area (Å²) >= 11 is 1.32. The van der Waals surface area contributed by atoms with E-state index in [1.54, 1.807) is 0 Å². The smallest absolute Gasteiger partial charge is 0.426 e. The van der Waals surface area contributed by atoms with Gasteiger partial charge in [0.2, 0.25) is 11.8 Å². The summed E-state index contributed by atoms with van der Waals surface area (Å²) in [7, 11) is 0. The van der Waals surface area contributed by atoms with E-state index in [2.05, 4.69) is 21.1 Å². The van der Waals surface area contributed by atoms with E-state index in [0.717, 1.165) is 23.7 Å². The number of benzene rings is 1. The molecule has 2 aliphatic heterocycles. The predicted octanol–water partition coefficient (Wildman–Crippen LogP) is 0.579. The van der Waals surface area contributed by atoms with Crippen LogP contribution in [0.1, 0.15) is 6.42 Å². The number of thioether (sulfide) groups is 1. The van der Waals surface area contributed by atoms with Gasteiger partial charge in [0.1, 0.15) is 6.61 Å². The third-order valence-electron chi connectivity index (χ3n) is 4.13. The largest absolute Gasteiger partial charge is 0.447 e. The Hall–Kier alpha value is -2.30. The first-order chi connectivity index (χ1) is 13.1. The van der Waals surface area contributed by atoms with Crippen molar-refractivity contribution in [2.75, 3.05) is 44.8 Å². The number of hydrazine groups is 1. The van der Waals surface area contributed by atoms with Crippen molar-refractivity contribution in [2.45, 2.75) is 16.6 Å². The van der Waals surface area contributed by atoms with Gasteiger partial charge in [0.25, 0.3) is 0 Å². The zero-order valence-corrected chi connectivity index (χ0v) is 15.5. The first-order valence-electron chi connectivity index (χ1n) is 8.70. The van der Waals surface area contributed by atoms with Gasteiger partial charge in [-0.25, -0.2) is 10.2 Å². The van der Waals surface area contributed by atoms with E-state index in [0.29, 0.717) is 19.8 Å². The van der Waals surface area contributed by atoms with E-state index in [4.69, 9.17) is 9.47 Å². The van der Waals surface area contributed by atoms with E-state index in [-0.39, 0.29) is 18.9 Å². The number of hydrogen-bond donors (Lipinski definition) is 3. The van der Waals surface area contributed by atoms with Crippen LogP contribution in [-0.2, 0) is 19.1 Å². The molecule has 0 spiro atoms. The Morgan fingerprint density at radius 2 is 2.04 bits per heavy atom. The molecule has 0 saturated carbocycles. The Kier molecular flexibility index (Phi) is 6.91. The lowest BCUT2D eigenvalue weighted by atomic mass is 10.2. The average molecular weight is 394 g/mol. The number of fused-ring (bicyclic) bond motifs is 1. The molecule has 2 aliphatic rings. The summed E-state index contributed by atoms with van der Waals surface area (Å²) in [4.78, 5) is 38.8.